The molecule has 3 heteroatoms. The third-order valence-corrected chi connectivity index (χ3v) is 4.62. The first-order chi connectivity index (χ1) is 11.3. The highest BCUT2D eigenvalue weighted by Gasteiger charge is 2.25. The molecule has 1 N–H and O–H groups in total. The molecule has 2 heterocycles. The van der Waals surface area contributed by atoms with Crippen LogP contribution in [-0.2, 0) is 11.3 Å². The van der Waals surface area contributed by atoms with E-state index in [4.69, 9.17) is 4.74 Å². The second-order valence-corrected chi connectivity index (χ2v) is 6.25. The first kappa shape index (κ1) is 14.5. The summed E-state index contributed by atoms with van der Waals surface area (Å²) in [5, 5.41) is 11.2. The number of hydrogen-bond donors (Lipinski definition) is 1. The van der Waals surface area contributed by atoms with Gasteiger partial charge in [0.05, 0.1) is 12.2 Å². The molecule has 0 bridgehead atoms. The number of para-hydroxylation sites is 1. The molecule has 1 fully saturated rings. The Morgan fingerprint density at radius 2 is 1.83 bits per heavy atom. The predicted octanol–water partition coefficient (Wildman–Crippen LogP) is 3.90. The number of aliphatic hydroxyl groups excluding tert-OH is 1. The Balaban J connectivity index is 1.74. The van der Waals surface area contributed by atoms with Gasteiger partial charge < -0.3 is 14.4 Å². The zero-order valence-corrected chi connectivity index (χ0v) is 13.1. The maximum Gasteiger partial charge on any atom is 0.0870 e. The number of aliphatic hydroxyl groups is 1. The molecule has 1 aliphatic heterocycles. The smallest absolute Gasteiger partial charge is 0.0870 e. The van der Waals surface area contributed by atoms with Gasteiger partial charge in [0.1, 0.15) is 0 Å². The molecular formula is C20H21NO2. The fraction of sp³-hybridized carbons (Fsp3) is 0.300. The zero-order valence-electron chi connectivity index (χ0n) is 13.1. The summed E-state index contributed by atoms with van der Waals surface area (Å²) in [5.74, 6) is 0. The highest BCUT2D eigenvalue weighted by molar-refractivity contribution is 5.84. The summed E-state index contributed by atoms with van der Waals surface area (Å²) in [7, 11) is 0. The quantitative estimate of drug-likeness (QED) is 0.796. The van der Waals surface area contributed by atoms with Crippen LogP contribution in [-0.4, -0.2) is 22.4 Å². The number of fused-ring (bicyclic) bond motifs is 1. The van der Waals surface area contributed by atoms with Crippen molar-refractivity contribution < 1.29 is 9.84 Å². The lowest BCUT2D eigenvalue weighted by Gasteiger charge is -2.26. The summed E-state index contributed by atoms with van der Waals surface area (Å²) in [6.45, 7) is 1.47. The molecule has 2 unspecified atom stereocenters. The lowest BCUT2D eigenvalue weighted by atomic mass is 9.99. The third kappa shape index (κ3) is 2.90. The standard InChI is InChI=1S/C20H21NO2/c22-16-10-11-23-20(12-16)18-14-21(13-15-6-2-1-3-7-15)19-9-5-4-8-17(18)19/h1-9,14,16,20,22H,10-13H2. The van der Waals surface area contributed by atoms with Gasteiger partial charge in [-0.3, -0.25) is 0 Å². The molecule has 3 aromatic rings. The van der Waals surface area contributed by atoms with E-state index in [1.165, 1.54) is 22.0 Å². The minimum absolute atomic E-state index is 0.0133. The van der Waals surface area contributed by atoms with Gasteiger partial charge in [-0.15, -0.1) is 0 Å². The molecule has 3 nitrogen and oxygen atoms in total. The van der Waals surface area contributed by atoms with E-state index >= 15 is 0 Å². The Kier molecular flexibility index (Phi) is 3.90. The molecule has 1 saturated heterocycles. The third-order valence-electron chi connectivity index (χ3n) is 4.62. The van der Waals surface area contributed by atoms with Crippen molar-refractivity contribution in [3.63, 3.8) is 0 Å². The van der Waals surface area contributed by atoms with Crippen LogP contribution in [0.2, 0.25) is 0 Å². The van der Waals surface area contributed by atoms with Crippen LogP contribution in [0.4, 0.5) is 0 Å². The highest BCUT2D eigenvalue weighted by atomic mass is 16.5. The summed E-state index contributed by atoms with van der Waals surface area (Å²) < 4.78 is 8.21. The highest BCUT2D eigenvalue weighted by Crippen LogP contribution is 2.34. The van der Waals surface area contributed by atoms with Crippen molar-refractivity contribution >= 4 is 10.9 Å². The van der Waals surface area contributed by atoms with Gasteiger partial charge in [0.2, 0.25) is 0 Å². The van der Waals surface area contributed by atoms with Crippen LogP contribution in [0.3, 0.4) is 0 Å². The minimum atomic E-state index is -0.259. The Morgan fingerprint density at radius 3 is 2.65 bits per heavy atom. The van der Waals surface area contributed by atoms with E-state index in [0.29, 0.717) is 13.0 Å². The monoisotopic (exact) mass is 307 g/mol. The zero-order chi connectivity index (χ0) is 15.6. The maximum absolute atomic E-state index is 9.97. The number of hydrogen-bond acceptors (Lipinski definition) is 2. The molecule has 0 saturated carbocycles. The Hall–Kier alpha value is -2.10. The summed E-state index contributed by atoms with van der Waals surface area (Å²) >= 11 is 0. The molecule has 2 atom stereocenters. The summed E-state index contributed by atoms with van der Waals surface area (Å²) in [6, 6.07) is 18.9. The average molecular weight is 307 g/mol. The second-order valence-electron chi connectivity index (χ2n) is 6.25. The van der Waals surface area contributed by atoms with E-state index in [0.717, 1.165) is 13.0 Å². The van der Waals surface area contributed by atoms with Gasteiger partial charge in [-0.05, 0) is 18.1 Å². The Labute approximate surface area is 136 Å². The van der Waals surface area contributed by atoms with E-state index in [9.17, 15) is 5.11 Å². The van der Waals surface area contributed by atoms with Crippen molar-refractivity contribution in [2.24, 2.45) is 0 Å². The first-order valence-electron chi connectivity index (χ1n) is 8.22. The maximum atomic E-state index is 9.97. The van der Waals surface area contributed by atoms with Crippen LogP contribution in [0.5, 0.6) is 0 Å². The molecule has 0 amide bonds. The summed E-state index contributed by atoms with van der Waals surface area (Å²) in [5.41, 5.74) is 3.69. The van der Waals surface area contributed by atoms with E-state index < -0.39 is 0 Å². The SMILES string of the molecule is OC1CCOC(c2cn(Cc3ccccc3)c3ccccc23)C1. The van der Waals surface area contributed by atoms with Crippen LogP contribution >= 0.6 is 0 Å². The van der Waals surface area contributed by atoms with E-state index in [1.807, 2.05) is 6.07 Å². The number of nitrogens with zero attached hydrogens (tertiary/aromatic N) is 1. The fourth-order valence-corrected chi connectivity index (χ4v) is 3.44. The number of aromatic nitrogens is 1. The van der Waals surface area contributed by atoms with Crippen molar-refractivity contribution in [1.82, 2.24) is 4.57 Å². The fourth-order valence-electron chi connectivity index (χ4n) is 3.44. The largest absolute Gasteiger partial charge is 0.393 e. The van der Waals surface area contributed by atoms with Crippen LogP contribution in [0, 0.1) is 0 Å². The number of benzene rings is 2. The molecule has 1 aromatic heterocycles. The van der Waals surface area contributed by atoms with Crippen LogP contribution < -0.4 is 0 Å². The van der Waals surface area contributed by atoms with Gasteiger partial charge in [0.15, 0.2) is 0 Å². The molecule has 0 radical (unpaired) electrons. The molecule has 0 spiro atoms. The lowest BCUT2D eigenvalue weighted by molar-refractivity contribution is -0.0442. The predicted molar refractivity (Wildman–Crippen MR) is 91.4 cm³/mol. The average Bonchev–Trinajstić information content (AvgIpc) is 2.95. The van der Waals surface area contributed by atoms with Gasteiger partial charge in [0.25, 0.3) is 0 Å². The lowest BCUT2D eigenvalue weighted by Crippen LogP contribution is -2.23. The molecular weight excluding hydrogens is 286 g/mol. The molecule has 2 aromatic carbocycles. The molecule has 23 heavy (non-hydrogen) atoms. The van der Waals surface area contributed by atoms with Gasteiger partial charge in [-0.2, -0.15) is 0 Å². The molecule has 0 aliphatic carbocycles. The van der Waals surface area contributed by atoms with Crippen molar-refractivity contribution in [3.8, 4) is 0 Å². The first-order valence-corrected chi connectivity index (χ1v) is 8.22. The Morgan fingerprint density at radius 1 is 1.04 bits per heavy atom. The van der Waals surface area contributed by atoms with Gasteiger partial charge in [0, 0.05) is 42.2 Å². The minimum Gasteiger partial charge on any atom is -0.393 e. The van der Waals surface area contributed by atoms with Crippen LogP contribution in [0.1, 0.15) is 30.1 Å². The van der Waals surface area contributed by atoms with E-state index in [1.54, 1.807) is 0 Å². The summed E-state index contributed by atoms with van der Waals surface area (Å²) in [6.07, 6.45) is 3.34. The second kappa shape index (κ2) is 6.19. The van der Waals surface area contributed by atoms with Gasteiger partial charge in [-0.1, -0.05) is 48.5 Å². The summed E-state index contributed by atoms with van der Waals surface area (Å²) in [4.78, 5) is 0. The van der Waals surface area contributed by atoms with E-state index in [-0.39, 0.29) is 12.2 Å². The molecule has 118 valence electrons. The molecule has 4 rings (SSSR count). The number of rotatable bonds is 3. The number of ether oxygens (including phenoxy) is 1. The van der Waals surface area contributed by atoms with Crippen molar-refractivity contribution in [3.05, 3.63) is 71.9 Å². The Bertz CT molecular complexity index is 794. The van der Waals surface area contributed by atoms with E-state index in [2.05, 4.69) is 59.3 Å². The van der Waals surface area contributed by atoms with Crippen LogP contribution in [0.15, 0.2) is 60.8 Å². The van der Waals surface area contributed by atoms with Crippen molar-refractivity contribution in [1.29, 1.82) is 0 Å². The van der Waals surface area contributed by atoms with Gasteiger partial charge in [-0.25, -0.2) is 0 Å². The normalized spacial score (nSPS) is 21.6. The van der Waals surface area contributed by atoms with Crippen molar-refractivity contribution in [2.45, 2.75) is 31.6 Å². The van der Waals surface area contributed by atoms with Crippen molar-refractivity contribution in [2.75, 3.05) is 6.61 Å². The van der Waals surface area contributed by atoms with Gasteiger partial charge >= 0.3 is 0 Å². The molecule has 1 aliphatic rings. The van der Waals surface area contributed by atoms with Crippen LogP contribution in [0.25, 0.3) is 10.9 Å². The topological polar surface area (TPSA) is 34.4 Å².